The molecular formula is C11H12BrFO2. The minimum atomic E-state index is -0.392. The molecule has 0 radical (unpaired) electrons. The first-order valence-corrected chi connectivity index (χ1v) is 5.40. The topological polar surface area (TPSA) is 26.3 Å². The minimum absolute atomic E-state index is 0.00427. The highest BCUT2D eigenvalue weighted by atomic mass is 79.9. The first-order chi connectivity index (χ1) is 6.99. The maximum Gasteiger partial charge on any atom is 0.172 e. The van der Waals surface area contributed by atoms with Gasteiger partial charge in [-0.2, -0.15) is 0 Å². The molecule has 0 aliphatic carbocycles. The molecule has 0 amide bonds. The van der Waals surface area contributed by atoms with Gasteiger partial charge in [-0.1, -0.05) is 29.8 Å². The average molecular weight is 275 g/mol. The van der Waals surface area contributed by atoms with Crippen LogP contribution in [0.5, 0.6) is 5.75 Å². The number of carbonyl (C=O) groups excluding carboxylic acids is 1. The maximum absolute atomic E-state index is 12.9. The van der Waals surface area contributed by atoms with Crippen LogP contribution in [0.2, 0.25) is 0 Å². The van der Waals surface area contributed by atoms with E-state index in [0.717, 1.165) is 0 Å². The summed E-state index contributed by atoms with van der Waals surface area (Å²) in [5.74, 6) is -0.107. The lowest BCUT2D eigenvalue weighted by Crippen LogP contribution is -2.16. The van der Waals surface area contributed by atoms with Gasteiger partial charge >= 0.3 is 0 Å². The van der Waals surface area contributed by atoms with Crippen LogP contribution in [0.4, 0.5) is 4.39 Å². The van der Waals surface area contributed by atoms with E-state index in [4.69, 9.17) is 4.74 Å². The number of halogens is 2. The van der Waals surface area contributed by atoms with E-state index >= 15 is 0 Å². The summed E-state index contributed by atoms with van der Waals surface area (Å²) < 4.78 is 18.7. The molecule has 2 nitrogen and oxygen atoms in total. The van der Waals surface area contributed by atoms with E-state index in [1.54, 1.807) is 19.9 Å². The number of rotatable bonds is 4. The Morgan fingerprint density at radius 1 is 1.47 bits per heavy atom. The van der Waals surface area contributed by atoms with Crippen LogP contribution in [0.25, 0.3) is 0 Å². The number of ketones is 1. The minimum Gasteiger partial charge on any atom is -0.486 e. The third kappa shape index (κ3) is 4.00. The molecule has 0 fully saturated rings. The number of benzene rings is 1. The van der Waals surface area contributed by atoms with Crippen LogP contribution in [0.3, 0.4) is 0 Å². The summed E-state index contributed by atoms with van der Waals surface area (Å²) in [6.45, 7) is 3.58. The van der Waals surface area contributed by atoms with Crippen LogP contribution in [-0.2, 0) is 4.79 Å². The van der Waals surface area contributed by atoms with Crippen LogP contribution in [0.15, 0.2) is 22.7 Å². The molecule has 1 aromatic carbocycles. The molecule has 0 aliphatic heterocycles. The Morgan fingerprint density at radius 2 is 2.13 bits per heavy atom. The lowest BCUT2D eigenvalue weighted by atomic mass is 10.1. The molecule has 0 heterocycles. The fourth-order valence-electron chi connectivity index (χ4n) is 0.933. The van der Waals surface area contributed by atoms with Gasteiger partial charge in [0.2, 0.25) is 0 Å². The van der Waals surface area contributed by atoms with Crippen LogP contribution < -0.4 is 4.74 Å². The zero-order chi connectivity index (χ0) is 11.4. The Balaban J connectivity index is 2.61. The molecule has 0 aliphatic rings. The summed E-state index contributed by atoms with van der Waals surface area (Å²) >= 11 is 3.14. The van der Waals surface area contributed by atoms with Gasteiger partial charge in [-0.15, -0.1) is 0 Å². The van der Waals surface area contributed by atoms with Crippen LogP contribution in [-0.4, -0.2) is 12.4 Å². The van der Waals surface area contributed by atoms with Gasteiger partial charge in [-0.3, -0.25) is 4.79 Å². The zero-order valence-electron chi connectivity index (χ0n) is 8.59. The van der Waals surface area contributed by atoms with Gasteiger partial charge in [0.25, 0.3) is 0 Å². The number of carbonyl (C=O) groups is 1. The molecule has 1 rings (SSSR count). The predicted octanol–water partition coefficient (Wildman–Crippen LogP) is 3.19. The first-order valence-electron chi connectivity index (χ1n) is 4.60. The lowest BCUT2D eigenvalue weighted by molar-refractivity contribution is -0.123. The summed E-state index contributed by atoms with van der Waals surface area (Å²) in [6.07, 6.45) is 0. The smallest absolute Gasteiger partial charge is 0.172 e. The van der Waals surface area contributed by atoms with Crippen molar-refractivity contribution in [2.75, 3.05) is 6.61 Å². The predicted molar refractivity (Wildman–Crippen MR) is 59.4 cm³/mol. The molecule has 82 valence electrons. The lowest BCUT2D eigenvalue weighted by Gasteiger charge is -2.07. The Hall–Kier alpha value is -0.900. The van der Waals surface area contributed by atoms with Gasteiger partial charge in [0.15, 0.2) is 5.78 Å². The van der Waals surface area contributed by atoms with E-state index in [1.807, 2.05) is 0 Å². The van der Waals surface area contributed by atoms with Crippen molar-refractivity contribution < 1.29 is 13.9 Å². The standard InChI is InChI=1S/C11H12BrFO2/c1-7(2)11(14)6-15-10-4-8(12)3-9(13)5-10/h3-5,7H,6H2,1-2H3. The van der Waals surface area contributed by atoms with Crippen LogP contribution >= 0.6 is 15.9 Å². The molecular weight excluding hydrogens is 263 g/mol. The van der Waals surface area contributed by atoms with E-state index < -0.39 is 5.82 Å². The third-order valence-electron chi connectivity index (χ3n) is 1.86. The molecule has 0 saturated carbocycles. The Bertz CT molecular complexity index is 343. The second-order valence-corrected chi connectivity index (χ2v) is 4.43. The molecule has 0 unspecified atom stereocenters. The maximum atomic E-state index is 12.9. The summed E-state index contributed by atoms with van der Waals surface area (Å²) in [6, 6.07) is 4.20. The normalized spacial score (nSPS) is 10.5. The summed E-state index contributed by atoms with van der Waals surface area (Å²) in [4.78, 5) is 11.3. The summed E-state index contributed by atoms with van der Waals surface area (Å²) in [5.41, 5.74) is 0. The SMILES string of the molecule is CC(C)C(=O)COc1cc(F)cc(Br)c1. The molecule has 0 aromatic heterocycles. The largest absolute Gasteiger partial charge is 0.486 e. The molecule has 15 heavy (non-hydrogen) atoms. The molecule has 4 heteroatoms. The fraction of sp³-hybridized carbons (Fsp3) is 0.364. The van der Waals surface area contributed by atoms with Crippen molar-refractivity contribution >= 4 is 21.7 Å². The summed E-state index contributed by atoms with van der Waals surface area (Å²) in [5, 5.41) is 0. The molecule has 0 N–H and O–H groups in total. The number of ether oxygens (including phenoxy) is 1. The monoisotopic (exact) mass is 274 g/mol. The molecule has 0 saturated heterocycles. The molecule has 0 spiro atoms. The highest BCUT2D eigenvalue weighted by molar-refractivity contribution is 9.10. The van der Waals surface area contributed by atoms with Crippen molar-refractivity contribution in [2.45, 2.75) is 13.8 Å². The molecule has 1 aromatic rings. The van der Waals surface area contributed by atoms with Gasteiger partial charge < -0.3 is 4.74 Å². The summed E-state index contributed by atoms with van der Waals surface area (Å²) in [7, 11) is 0. The van der Waals surface area contributed by atoms with Gasteiger partial charge in [0.1, 0.15) is 18.2 Å². The van der Waals surface area contributed by atoms with E-state index in [2.05, 4.69) is 15.9 Å². The van der Waals surface area contributed by atoms with Gasteiger partial charge in [0, 0.05) is 16.5 Å². The number of Topliss-reactive ketones (excluding diaryl/α,β-unsaturated/α-hetero) is 1. The Labute approximate surface area is 96.6 Å². The highest BCUT2D eigenvalue weighted by Crippen LogP contribution is 2.20. The van der Waals surface area contributed by atoms with Crippen molar-refractivity contribution in [2.24, 2.45) is 5.92 Å². The van der Waals surface area contributed by atoms with E-state index in [-0.39, 0.29) is 18.3 Å². The van der Waals surface area contributed by atoms with Crippen molar-refractivity contribution in [1.82, 2.24) is 0 Å². The van der Waals surface area contributed by atoms with Crippen molar-refractivity contribution in [3.63, 3.8) is 0 Å². The van der Waals surface area contributed by atoms with E-state index in [0.29, 0.717) is 10.2 Å². The zero-order valence-corrected chi connectivity index (χ0v) is 10.2. The van der Waals surface area contributed by atoms with Gasteiger partial charge in [0.05, 0.1) is 0 Å². The fourth-order valence-corrected chi connectivity index (χ4v) is 1.38. The van der Waals surface area contributed by atoms with Gasteiger partial charge in [-0.05, 0) is 12.1 Å². The van der Waals surface area contributed by atoms with Crippen molar-refractivity contribution in [1.29, 1.82) is 0 Å². The van der Waals surface area contributed by atoms with Crippen molar-refractivity contribution in [3.8, 4) is 5.75 Å². The average Bonchev–Trinajstić information content (AvgIpc) is 2.12. The van der Waals surface area contributed by atoms with Crippen LogP contribution in [0, 0.1) is 11.7 Å². The van der Waals surface area contributed by atoms with Gasteiger partial charge in [-0.25, -0.2) is 4.39 Å². The molecule has 0 atom stereocenters. The molecule has 0 bridgehead atoms. The number of hydrogen-bond acceptors (Lipinski definition) is 2. The van der Waals surface area contributed by atoms with E-state index in [9.17, 15) is 9.18 Å². The number of hydrogen-bond donors (Lipinski definition) is 0. The second-order valence-electron chi connectivity index (χ2n) is 3.51. The first kappa shape index (κ1) is 12.2. The van der Waals surface area contributed by atoms with Crippen LogP contribution in [0.1, 0.15) is 13.8 Å². The quantitative estimate of drug-likeness (QED) is 0.843. The van der Waals surface area contributed by atoms with E-state index in [1.165, 1.54) is 12.1 Å². The third-order valence-corrected chi connectivity index (χ3v) is 2.32. The second kappa shape index (κ2) is 5.26. The Morgan fingerprint density at radius 3 is 2.67 bits per heavy atom. The highest BCUT2D eigenvalue weighted by Gasteiger charge is 2.08. The van der Waals surface area contributed by atoms with Crippen molar-refractivity contribution in [3.05, 3.63) is 28.5 Å². The Kier molecular flexibility index (Phi) is 4.27.